The van der Waals surface area contributed by atoms with Gasteiger partial charge in [0, 0.05) is 18.6 Å². The summed E-state index contributed by atoms with van der Waals surface area (Å²) in [5.74, 6) is -0.0915. The van der Waals surface area contributed by atoms with Gasteiger partial charge in [0.05, 0.1) is 11.4 Å². The van der Waals surface area contributed by atoms with Gasteiger partial charge in [0.1, 0.15) is 4.88 Å². The third-order valence-electron chi connectivity index (χ3n) is 2.46. The fourth-order valence-electron chi connectivity index (χ4n) is 1.60. The largest absolute Gasteiger partial charge is 0.376 e. The zero-order chi connectivity index (χ0) is 13.1. The maximum absolute atomic E-state index is 12.1. The van der Waals surface area contributed by atoms with Crippen molar-refractivity contribution in [1.29, 1.82) is 0 Å². The van der Waals surface area contributed by atoms with Crippen LogP contribution >= 0.6 is 27.3 Å². The van der Waals surface area contributed by atoms with Crippen LogP contribution in [0.5, 0.6) is 0 Å². The smallest absolute Gasteiger partial charge is 0.266 e. The standard InChI is InChI=1S/C13H13BrN2OS/c1-16(2)11-6-4-3-5-10(11)15-13(17)12-9(14)7-8-18-12/h3-8H,1-2H3,(H,15,17). The maximum atomic E-state index is 12.1. The molecular formula is C13H13BrN2OS. The molecule has 0 fully saturated rings. The molecule has 0 spiro atoms. The van der Waals surface area contributed by atoms with E-state index < -0.39 is 0 Å². The summed E-state index contributed by atoms with van der Waals surface area (Å²) >= 11 is 4.79. The first-order valence-corrected chi connectivity index (χ1v) is 7.07. The molecule has 1 heterocycles. The van der Waals surface area contributed by atoms with Crippen molar-refractivity contribution < 1.29 is 4.79 Å². The molecule has 0 atom stereocenters. The Labute approximate surface area is 119 Å². The summed E-state index contributed by atoms with van der Waals surface area (Å²) in [6.45, 7) is 0. The van der Waals surface area contributed by atoms with Gasteiger partial charge in [0.2, 0.25) is 0 Å². The van der Waals surface area contributed by atoms with Gasteiger partial charge in [-0.1, -0.05) is 12.1 Å². The van der Waals surface area contributed by atoms with Gasteiger partial charge >= 0.3 is 0 Å². The van der Waals surface area contributed by atoms with E-state index in [1.54, 1.807) is 0 Å². The highest BCUT2D eigenvalue weighted by molar-refractivity contribution is 9.10. The number of hydrogen-bond acceptors (Lipinski definition) is 3. The van der Waals surface area contributed by atoms with E-state index in [0.29, 0.717) is 4.88 Å². The fourth-order valence-corrected chi connectivity index (χ4v) is 3.05. The molecule has 2 aromatic rings. The van der Waals surface area contributed by atoms with Gasteiger partial charge < -0.3 is 10.2 Å². The highest BCUT2D eigenvalue weighted by atomic mass is 79.9. The van der Waals surface area contributed by atoms with E-state index in [2.05, 4.69) is 21.2 Å². The van der Waals surface area contributed by atoms with Crippen LogP contribution in [0.3, 0.4) is 0 Å². The van der Waals surface area contributed by atoms with E-state index in [0.717, 1.165) is 15.8 Å². The molecule has 5 heteroatoms. The van der Waals surface area contributed by atoms with Gasteiger partial charge in [-0.15, -0.1) is 11.3 Å². The summed E-state index contributed by atoms with van der Waals surface area (Å²) in [5, 5.41) is 4.82. The van der Waals surface area contributed by atoms with Gasteiger partial charge in [0.15, 0.2) is 0 Å². The molecule has 0 aliphatic rings. The van der Waals surface area contributed by atoms with Crippen LogP contribution in [0, 0.1) is 0 Å². The minimum atomic E-state index is -0.0915. The third kappa shape index (κ3) is 2.73. The minimum Gasteiger partial charge on any atom is -0.376 e. The molecule has 0 saturated heterocycles. The molecule has 0 radical (unpaired) electrons. The Bertz CT molecular complexity index is 566. The lowest BCUT2D eigenvalue weighted by atomic mass is 10.2. The topological polar surface area (TPSA) is 32.3 Å². The molecule has 3 nitrogen and oxygen atoms in total. The summed E-state index contributed by atoms with van der Waals surface area (Å²) in [6, 6.07) is 9.60. The van der Waals surface area contributed by atoms with Crippen LogP contribution in [0.15, 0.2) is 40.2 Å². The molecule has 1 aromatic carbocycles. The van der Waals surface area contributed by atoms with Crippen LogP contribution < -0.4 is 10.2 Å². The number of nitrogens with zero attached hydrogens (tertiary/aromatic N) is 1. The molecule has 0 saturated carbocycles. The Kier molecular flexibility index (Phi) is 4.04. The number of rotatable bonds is 3. The van der Waals surface area contributed by atoms with Crippen LogP contribution in [0.25, 0.3) is 0 Å². The SMILES string of the molecule is CN(C)c1ccccc1NC(=O)c1sccc1Br. The van der Waals surface area contributed by atoms with E-state index in [1.165, 1.54) is 11.3 Å². The van der Waals surface area contributed by atoms with Crippen molar-refractivity contribution >= 4 is 44.5 Å². The highest BCUT2D eigenvalue weighted by Crippen LogP contribution is 2.27. The van der Waals surface area contributed by atoms with Crippen LogP contribution in [0.4, 0.5) is 11.4 Å². The number of thiophene rings is 1. The number of anilines is 2. The van der Waals surface area contributed by atoms with Gasteiger partial charge in [-0.05, 0) is 39.5 Å². The fraction of sp³-hybridized carbons (Fsp3) is 0.154. The van der Waals surface area contributed by atoms with E-state index in [1.807, 2.05) is 54.7 Å². The number of amides is 1. The van der Waals surface area contributed by atoms with Crippen molar-refractivity contribution in [1.82, 2.24) is 0 Å². The number of para-hydroxylation sites is 2. The first kappa shape index (κ1) is 13.1. The number of halogens is 1. The number of carbonyl (C=O) groups excluding carboxylic acids is 1. The number of carbonyl (C=O) groups is 1. The Balaban J connectivity index is 2.25. The van der Waals surface area contributed by atoms with Crippen molar-refractivity contribution in [2.45, 2.75) is 0 Å². The van der Waals surface area contributed by atoms with Crippen LogP contribution in [0.1, 0.15) is 9.67 Å². The van der Waals surface area contributed by atoms with Crippen molar-refractivity contribution in [3.63, 3.8) is 0 Å². The molecule has 0 aliphatic carbocycles. The van der Waals surface area contributed by atoms with E-state index in [4.69, 9.17) is 0 Å². The van der Waals surface area contributed by atoms with Gasteiger partial charge in [-0.25, -0.2) is 0 Å². The lowest BCUT2D eigenvalue weighted by Crippen LogP contribution is -2.16. The first-order valence-electron chi connectivity index (χ1n) is 5.40. The molecule has 1 amide bonds. The number of hydrogen-bond donors (Lipinski definition) is 1. The lowest BCUT2D eigenvalue weighted by molar-refractivity contribution is 0.103. The number of benzene rings is 1. The molecule has 1 aromatic heterocycles. The lowest BCUT2D eigenvalue weighted by Gasteiger charge is -2.17. The van der Waals surface area contributed by atoms with Crippen molar-refractivity contribution in [2.24, 2.45) is 0 Å². The maximum Gasteiger partial charge on any atom is 0.266 e. The summed E-state index contributed by atoms with van der Waals surface area (Å²) in [6.07, 6.45) is 0. The average Bonchev–Trinajstić information content (AvgIpc) is 2.76. The summed E-state index contributed by atoms with van der Waals surface area (Å²) in [4.78, 5) is 14.8. The molecule has 18 heavy (non-hydrogen) atoms. The van der Waals surface area contributed by atoms with Crippen LogP contribution in [0.2, 0.25) is 0 Å². The van der Waals surface area contributed by atoms with Gasteiger partial charge in [0.25, 0.3) is 5.91 Å². The first-order chi connectivity index (χ1) is 8.59. The van der Waals surface area contributed by atoms with Crippen LogP contribution in [-0.2, 0) is 0 Å². The second-order valence-corrected chi connectivity index (χ2v) is 5.73. The van der Waals surface area contributed by atoms with Gasteiger partial charge in [-0.3, -0.25) is 4.79 Å². The predicted octanol–water partition coefficient (Wildman–Crippen LogP) is 3.83. The van der Waals surface area contributed by atoms with E-state index in [9.17, 15) is 4.79 Å². The Morgan fingerprint density at radius 1 is 1.28 bits per heavy atom. The quantitative estimate of drug-likeness (QED) is 0.930. The van der Waals surface area contributed by atoms with Crippen molar-refractivity contribution in [3.05, 3.63) is 45.1 Å². The summed E-state index contributed by atoms with van der Waals surface area (Å²) in [7, 11) is 3.90. The predicted molar refractivity (Wildman–Crippen MR) is 80.7 cm³/mol. The monoisotopic (exact) mass is 324 g/mol. The normalized spacial score (nSPS) is 10.2. The molecular weight excluding hydrogens is 312 g/mol. The Morgan fingerprint density at radius 3 is 2.61 bits per heavy atom. The summed E-state index contributed by atoms with van der Waals surface area (Å²) < 4.78 is 0.826. The Morgan fingerprint density at radius 2 is 2.00 bits per heavy atom. The van der Waals surface area contributed by atoms with Crippen LogP contribution in [-0.4, -0.2) is 20.0 Å². The zero-order valence-corrected chi connectivity index (χ0v) is 12.5. The minimum absolute atomic E-state index is 0.0915. The third-order valence-corrected chi connectivity index (χ3v) is 4.29. The molecule has 0 unspecified atom stereocenters. The molecule has 1 N–H and O–H groups in total. The molecule has 94 valence electrons. The molecule has 0 aliphatic heterocycles. The van der Waals surface area contributed by atoms with E-state index >= 15 is 0 Å². The van der Waals surface area contributed by atoms with E-state index in [-0.39, 0.29) is 5.91 Å². The second kappa shape index (κ2) is 5.54. The summed E-state index contributed by atoms with van der Waals surface area (Å²) in [5.41, 5.74) is 1.80. The average molecular weight is 325 g/mol. The van der Waals surface area contributed by atoms with Crippen molar-refractivity contribution in [3.8, 4) is 0 Å². The second-order valence-electron chi connectivity index (χ2n) is 3.96. The highest BCUT2D eigenvalue weighted by Gasteiger charge is 2.13. The number of nitrogens with one attached hydrogen (secondary N) is 1. The van der Waals surface area contributed by atoms with Crippen molar-refractivity contribution in [2.75, 3.05) is 24.3 Å². The zero-order valence-electron chi connectivity index (χ0n) is 10.1. The van der Waals surface area contributed by atoms with Gasteiger partial charge in [-0.2, -0.15) is 0 Å². The molecule has 2 rings (SSSR count). The molecule has 0 bridgehead atoms. The Hall–Kier alpha value is -1.33.